The molecule has 1 aromatic rings. The Bertz CT molecular complexity index is 741. The fourth-order valence-electron chi connectivity index (χ4n) is 3.08. The van der Waals surface area contributed by atoms with Crippen LogP contribution in [0.5, 0.6) is 0 Å². The summed E-state index contributed by atoms with van der Waals surface area (Å²) < 4.78 is 25.3. The van der Waals surface area contributed by atoms with Crippen molar-refractivity contribution in [2.24, 2.45) is 5.92 Å². The van der Waals surface area contributed by atoms with E-state index < -0.39 is 15.9 Å². The Morgan fingerprint density at radius 2 is 1.81 bits per heavy atom. The molecule has 2 rings (SSSR count). The summed E-state index contributed by atoms with van der Waals surface area (Å²) in [5.74, 6) is -0.189. The number of sulfonamides is 1. The number of rotatable bonds is 6. The average Bonchev–Trinajstić information content (AvgIpc) is 2.65. The molecule has 1 aliphatic carbocycles. The Balaban J connectivity index is 1.86. The average molecular weight is 381 g/mol. The van der Waals surface area contributed by atoms with E-state index in [0.29, 0.717) is 12.3 Å². The van der Waals surface area contributed by atoms with Gasteiger partial charge in [-0.1, -0.05) is 38.2 Å². The minimum atomic E-state index is -3.62. The molecule has 0 heterocycles. The van der Waals surface area contributed by atoms with E-state index in [1.54, 1.807) is 0 Å². The molecule has 0 saturated heterocycles. The lowest BCUT2D eigenvalue weighted by Gasteiger charge is -2.21. The van der Waals surface area contributed by atoms with Crippen LogP contribution in [0.25, 0.3) is 0 Å². The highest BCUT2D eigenvalue weighted by Crippen LogP contribution is 2.27. The number of nitrogens with zero attached hydrogens (tertiary/aromatic N) is 1. The quantitative estimate of drug-likeness (QED) is 0.737. The summed E-state index contributed by atoms with van der Waals surface area (Å²) in [6, 6.07) is 5.71. The predicted molar refractivity (Wildman–Crippen MR) is 98.7 cm³/mol. The zero-order chi connectivity index (χ0) is 19.2. The van der Waals surface area contributed by atoms with Gasteiger partial charge >= 0.3 is 0 Å². The molecule has 0 unspecified atom stereocenters. The van der Waals surface area contributed by atoms with Crippen LogP contribution in [-0.2, 0) is 14.8 Å². The zero-order valence-corrected chi connectivity index (χ0v) is 16.1. The van der Waals surface area contributed by atoms with Crippen molar-refractivity contribution >= 4 is 21.8 Å². The van der Waals surface area contributed by atoms with Crippen LogP contribution >= 0.6 is 0 Å². The summed E-state index contributed by atoms with van der Waals surface area (Å²) in [6.45, 7) is 0. The first-order valence-electron chi connectivity index (χ1n) is 8.92. The van der Waals surface area contributed by atoms with Crippen molar-refractivity contribution in [3.63, 3.8) is 0 Å². The van der Waals surface area contributed by atoms with Gasteiger partial charge in [-0.3, -0.25) is 20.4 Å². The molecule has 26 heavy (non-hydrogen) atoms. The number of benzene rings is 1. The number of carbonyl (C=O) groups excluding carboxylic acids is 2. The molecule has 0 aromatic heterocycles. The smallest absolute Gasteiger partial charge is 0.269 e. The first kappa shape index (κ1) is 20.4. The molecule has 1 saturated carbocycles. The first-order valence-corrected chi connectivity index (χ1v) is 10.4. The summed E-state index contributed by atoms with van der Waals surface area (Å²) in [7, 11) is -0.769. The van der Waals surface area contributed by atoms with Crippen LogP contribution in [0.3, 0.4) is 0 Å². The molecule has 2 N–H and O–H groups in total. The van der Waals surface area contributed by atoms with Crippen molar-refractivity contribution < 1.29 is 18.0 Å². The summed E-state index contributed by atoms with van der Waals surface area (Å²) in [5.41, 5.74) is 4.92. The van der Waals surface area contributed by atoms with Crippen LogP contribution in [0.4, 0.5) is 0 Å². The number of hydrogen-bond acceptors (Lipinski definition) is 4. The van der Waals surface area contributed by atoms with Gasteiger partial charge in [-0.2, -0.15) is 0 Å². The van der Waals surface area contributed by atoms with Gasteiger partial charge in [0.05, 0.1) is 4.90 Å². The van der Waals surface area contributed by atoms with Gasteiger partial charge < -0.3 is 0 Å². The van der Waals surface area contributed by atoms with E-state index in [-0.39, 0.29) is 16.4 Å². The highest BCUT2D eigenvalue weighted by molar-refractivity contribution is 7.89. The van der Waals surface area contributed by atoms with Gasteiger partial charge in [0.15, 0.2) is 0 Å². The second-order valence-corrected chi connectivity index (χ2v) is 9.01. The maximum absolute atomic E-state index is 12.2. The molecule has 1 fully saturated rings. The number of carbonyl (C=O) groups is 2. The molecule has 0 aliphatic heterocycles. The lowest BCUT2D eigenvalue weighted by Crippen LogP contribution is -2.41. The molecule has 1 aliphatic rings. The molecule has 0 atom stereocenters. The zero-order valence-electron chi connectivity index (χ0n) is 15.3. The Kier molecular flexibility index (Phi) is 7.16. The van der Waals surface area contributed by atoms with Gasteiger partial charge in [0, 0.05) is 26.1 Å². The summed E-state index contributed by atoms with van der Waals surface area (Å²) >= 11 is 0. The van der Waals surface area contributed by atoms with Crippen molar-refractivity contribution in [2.45, 2.75) is 49.8 Å². The van der Waals surface area contributed by atoms with Crippen LogP contribution < -0.4 is 10.9 Å². The molecular formula is C18H27N3O4S. The van der Waals surface area contributed by atoms with Crippen LogP contribution in [0.1, 0.15) is 55.3 Å². The van der Waals surface area contributed by atoms with E-state index in [4.69, 9.17) is 0 Å². The van der Waals surface area contributed by atoms with Crippen LogP contribution in [0.15, 0.2) is 29.2 Å². The summed E-state index contributed by atoms with van der Waals surface area (Å²) in [5, 5.41) is 0. The molecule has 2 amide bonds. The summed E-state index contributed by atoms with van der Waals surface area (Å²) in [6.07, 6.45) is 7.30. The SMILES string of the molecule is CN(C)S(=O)(=O)c1cccc(C(=O)NNC(=O)CCC2CCCCC2)c1. The van der Waals surface area contributed by atoms with E-state index >= 15 is 0 Å². The van der Waals surface area contributed by atoms with E-state index in [1.165, 1.54) is 70.5 Å². The largest absolute Gasteiger partial charge is 0.273 e. The normalized spacial score (nSPS) is 15.7. The minimum absolute atomic E-state index is 0.0266. The fourth-order valence-corrected chi connectivity index (χ4v) is 4.03. The van der Waals surface area contributed by atoms with Crippen molar-refractivity contribution in [3.8, 4) is 0 Å². The standard InChI is InChI=1S/C18H27N3O4S/c1-21(2)26(24,25)16-10-6-9-15(13-16)18(23)20-19-17(22)12-11-14-7-4-3-5-8-14/h6,9-10,13-14H,3-5,7-8,11-12H2,1-2H3,(H,19,22)(H,20,23). The van der Waals surface area contributed by atoms with Crippen LogP contribution in [0, 0.1) is 5.92 Å². The monoisotopic (exact) mass is 381 g/mol. The Morgan fingerprint density at radius 1 is 1.12 bits per heavy atom. The third-order valence-corrected chi connectivity index (χ3v) is 6.51. The van der Waals surface area contributed by atoms with Crippen molar-refractivity contribution in [3.05, 3.63) is 29.8 Å². The Labute approximate surface area is 155 Å². The number of hydrogen-bond donors (Lipinski definition) is 2. The van der Waals surface area contributed by atoms with Gasteiger partial charge in [0.2, 0.25) is 15.9 Å². The number of hydrazine groups is 1. The first-order chi connectivity index (χ1) is 12.3. The fraction of sp³-hybridized carbons (Fsp3) is 0.556. The van der Waals surface area contributed by atoms with E-state index in [9.17, 15) is 18.0 Å². The van der Waals surface area contributed by atoms with Crippen molar-refractivity contribution in [1.29, 1.82) is 0 Å². The second-order valence-electron chi connectivity index (χ2n) is 6.86. The van der Waals surface area contributed by atoms with Crippen LogP contribution in [-0.4, -0.2) is 38.6 Å². The minimum Gasteiger partial charge on any atom is -0.273 e. The van der Waals surface area contributed by atoms with E-state index in [2.05, 4.69) is 10.9 Å². The molecule has 0 spiro atoms. The predicted octanol–water partition coefficient (Wildman–Crippen LogP) is 2.06. The maximum atomic E-state index is 12.2. The molecule has 144 valence electrons. The summed E-state index contributed by atoms with van der Waals surface area (Å²) in [4.78, 5) is 24.1. The Morgan fingerprint density at radius 3 is 2.46 bits per heavy atom. The van der Waals surface area contributed by atoms with E-state index in [1.807, 2.05) is 0 Å². The molecule has 0 bridgehead atoms. The van der Waals surface area contributed by atoms with Crippen molar-refractivity contribution in [1.82, 2.24) is 15.2 Å². The van der Waals surface area contributed by atoms with Crippen molar-refractivity contribution in [2.75, 3.05) is 14.1 Å². The molecule has 1 aromatic carbocycles. The topological polar surface area (TPSA) is 95.6 Å². The van der Waals surface area contributed by atoms with Gasteiger partial charge in [0.25, 0.3) is 5.91 Å². The van der Waals surface area contributed by atoms with E-state index in [0.717, 1.165) is 10.7 Å². The highest BCUT2D eigenvalue weighted by atomic mass is 32.2. The molecule has 8 heteroatoms. The maximum Gasteiger partial charge on any atom is 0.269 e. The second kappa shape index (κ2) is 9.14. The lowest BCUT2D eigenvalue weighted by molar-refractivity contribution is -0.122. The van der Waals surface area contributed by atoms with Gasteiger partial charge in [-0.15, -0.1) is 0 Å². The highest BCUT2D eigenvalue weighted by Gasteiger charge is 2.19. The van der Waals surface area contributed by atoms with Gasteiger partial charge in [-0.25, -0.2) is 12.7 Å². The Hall–Kier alpha value is -1.93. The third kappa shape index (κ3) is 5.54. The molecular weight excluding hydrogens is 354 g/mol. The van der Waals surface area contributed by atoms with Gasteiger partial charge in [0.1, 0.15) is 0 Å². The lowest BCUT2D eigenvalue weighted by atomic mass is 9.86. The number of nitrogens with one attached hydrogen (secondary N) is 2. The van der Waals surface area contributed by atoms with Gasteiger partial charge in [-0.05, 0) is 30.5 Å². The number of amides is 2. The molecule has 0 radical (unpaired) electrons. The molecule has 7 nitrogen and oxygen atoms in total. The third-order valence-electron chi connectivity index (χ3n) is 4.69. The van der Waals surface area contributed by atoms with Crippen LogP contribution in [0.2, 0.25) is 0 Å².